The Morgan fingerprint density at radius 2 is 2.17 bits per heavy atom. The highest BCUT2D eigenvalue weighted by Crippen LogP contribution is 2.42. The van der Waals surface area contributed by atoms with E-state index >= 15 is 0 Å². The lowest BCUT2D eigenvalue weighted by atomic mass is 9.76. The molecule has 70 valence electrons. The van der Waals surface area contributed by atoms with Gasteiger partial charge in [0, 0.05) is 6.42 Å². The molecule has 0 spiro atoms. The molecule has 0 saturated heterocycles. The van der Waals surface area contributed by atoms with Gasteiger partial charge in [0.05, 0.1) is 4.83 Å². The van der Waals surface area contributed by atoms with Gasteiger partial charge >= 0.3 is 0 Å². The molecule has 2 atom stereocenters. The van der Waals surface area contributed by atoms with E-state index in [1.165, 1.54) is 0 Å². The number of carbonyl (C=O) groups is 1. The van der Waals surface area contributed by atoms with Crippen LogP contribution in [0.3, 0.4) is 0 Å². The Kier molecular flexibility index (Phi) is 2.97. The Bertz CT molecular complexity index is 186. The molecule has 0 aliphatic heterocycles. The van der Waals surface area contributed by atoms with Crippen molar-refractivity contribution in [1.82, 2.24) is 0 Å². The number of hydrogen-bond donors (Lipinski definition) is 0. The number of hydrogen-bond acceptors (Lipinski definition) is 1. The summed E-state index contributed by atoms with van der Waals surface area (Å²) >= 11 is 3.42. The van der Waals surface area contributed by atoms with E-state index in [0.717, 1.165) is 19.3 Å². The summed E-state index contributed by atoms with van der Waals surface area (Å²) in [4.78, 5) is 11.4. The Morgan fingerprint density at radius 1 is 1.58 bits per heavy atom. The summed E-state index contributed by atoms with van der Waals surface area (Å²) in [6.07, 6.45) is 2.96. The van der Waals surface area contributed by atoms with Crippen LogP contribution >= 0.6 is 15.9 Å². The summed E-state index contributed by atoms with van der Waals surface area (Å²) in [5, 5.41) is 0. The Balaban J connectivity index is 2.62. The summed E-state index contributed by atoms with van der Waals surface area (Å²) in [6.45, 7) is 6.72. The van der Waals surface area contributed by atoms with Crippen LogP contribution in [0.4, 0.5) is 0 Å². The fourth-order valence-electron chi connectivity index (χ4n) is 1.72. The average Bonchev–Trinajstić information content (AvgIpc) is 2.33. The first-order chi connectivity index (χ1) is 5.47. The van der Waals surface area contributed by atoms with E-state index < -0.39 is 0 Å². The van der Waals surface area contributed by atoms with Crippen molar-refractivity contribution in [2.24, 2.45) is 11.3 Å². The van der Waals surface area contributed by atoms with Gasteiger partial charge in [-0.25, -0.2) is 0 Å². The van der Waals surface area contributed by atoms with E-state index in [-0.39, 0.29) is 4.83 Å². The highest BCUT2D eigenvalue weighted by Gasteiger charge is 2.38. The van der Waals surface area contributed by atoms with Crippen molar-refractivity contribution in [2.75, 3.05) is 0 Å². The van der Waals surface area contributed by atoms with Gasteiger partial charge in [0.25, 0.3) is 0 Å². The molecule has 0 radical (unpaired) electrons. The van der Waals surface area contributed by atoms with Crippen LogP contribution in [0, 0.1) is 11.3 Å². The summed E-state index contributed by atoms with van der Waals surface area (Å²) in [7, 11) is 0. The molecular weight excluding hydrogens is 216 g/mol. The second-order valence-electron chi connectivity index (χ2n) is 4.41. The molecule has 12 heavy (non-hydrogen) atoms. The molecule has 0 aromatic heterocycles. The monoisotopic (exact) mass is 232 g/mol. The van der Waals surface area contributed by atoms with E-state index in [1.807, 2.05) is 0 Å². The van der Waals surface area contributed by atoms with Crippen molar-refractivity contribution in [2.45, 2.75) is 44.9 Å². The Morgan fingerprint density at radius 3 is 2.50 bits per heavy atom. The third-order valence-corrected chi connectivity index (χ3v) is 4.19. The molecule has 0 aromatic carbocycles. The summed E-state index contributed by atoms with van der Waals surface area (Å²) in [6, 6.07) is 0. The lowest BCUT2D eigenvalue weighted by Crippen LogP contribution is -2.21. The van der Waals surface area contributed by atoms with Crippen LogP contribution in [0.5, 0.6) is 0 Å². The van der Waals surface area contributed by atoms with Crippen molar-refractivity contribution in [1.29, 1.82) is 0 Å². The maximum absolute atomic E-state index is 11.3. The smallest absolute Gasteiger partial charge is 0.146 e. The molecule has 0 aromatic rings. The third-order valence-electron chi connectivity index (χ3n) is 3.30. The standard InChI is InChI=1S/C10H17BrO/c1-4-10(2,3)7-5-8(11)9(12)6-7/h7-8H,4-6H2,1-3H3. The fraction of sp³-hybridized carbons (Fsp3) is 0.900. The largest absolute Gasteiger partial charge is 0.298 e. The Hall–Kier alpha value is 0.150. The van der Waals surface area contributed by atoms with Crippen molar-refractivity contribution in [3.63, 3.8) is 0 Å². The fourth-order valence-corrected chi connectivity index (χ4v) is 2.36. The molecule has 1 nitrogen and oxygen atoms in total. The number of Topliss-reactive ketones (excluding diaryl/α,β-unsaturated/α-hetero) is 1. The molecule has 2 heteroatoms. The lowest BCUT2D eigenvalue weighted by Gasteiger charge is -2.29. The zero-order chi connectivity index (χ0) is 9.35. The van der Waals surface area contributed by atoms with Crippen molar-refractivity contribution >= 4 is 21.7 Å². The molecule has 1 rings (SSSR count). The minimum Gasteiger partial charge on any atom is -0.298 e. The van der Waals surface area contributed by atoms with Crippen LogP contribution in [0.25, 0.3) is 0 Å². The Labute approximate surface area is 83.0 Å². The van der Waals surface area contributed by atoms with Crippen LogP contribution in [0.2, 0.25) is 0 Å². The minimum absolute atomic E-state index is 0.133. The first-order valence-corrected chi connectivity index (χ1v) is 5.55. The number of halogens is 1. The maximum atomic E-state index is 11.3. The molecule has 0 amide bonds. The van der Waals surface area contributed by atoms with Gasteiger partial charge < -0.3 is 0 Å². The first-order valence-electron chi connectivity index (χ1n) is 4.64. The van der Waals surface area contributed by atoms with Gasteiger partial charge in [-0.2, -0.15) is 0 Å². The van der Waals surface area contributed by atoms with Crippen LogP contribution in [0.15, 0.2) is 0 Å². The number of rotatable bonds is 2. The molecular formula is C10H17BrO. The zero-order valence-corrected chi connectivity index (χ0v) is 9.65. The number of carbonyl (C=O) groups excluding carboxylic acids is 1. The van der Waals surface area contributed by atoms with E-state index in [2.05, 4.69) is 36.7 Å². The second-order valence-corrected chi connectivity index (χ2v) is 5.52. The van der Waals surface area contributed by atoms with Crippen LogP contribution in [0.1, 0.15) is 40.0 Å². The predicted molar refractivity (Wildman–Crippen MR) is 54.5 cm³/mol. The van der Waals surface area contributed by atoms with Gasteiger partial charge in [0.15, 0.2) is 0 Å². The maximum Gasteiger partial charge on any atom is 0.146 e. The molecule has 0 heterocycles. The zero-order valence-electron chi connectivity index (χ0n) is 8.06. The van der Waals surface area contributed by atoms with Gasteiger partial charge in [-0.1, -0.05) is 43.1 Å². The molecule has 0 N–H and O–H groups in total. The SMILES string of the molecule is CCC(C)(C)C1CC(=O)C(Br)C1. The van der Waals surface area contributed by atoms with Gasteiger partial charge in [-0.05, 0) is 17.8 Å². The average molecular weight is 233 g/mol. The van der Waals surface area contributed by atoms with Gasteiger partial charge in [0.2, 0.25) is 0 Å². The van der Waals surface area contributed by atoms with Crippen LogP contribution in [-0.2, 0) is 4.79 Å². The van der Waals surface area contributed by atoms with E-state index in [9.17, 15) is 4.79 Å². The van der Waals surface area contributed by atoms with E-state index in [1.54, 1.807) is 0 Å². The number of alkyl halides is 1. The van der Waals surface area contributed by atoms with Crippen LogP contribution < -0.4 is 0 Å². The predicted octanol–water partition coefficient (Wildman–Crippen LogP) is 3.17. The van der Waals surface area contributed by atoms with Crippen molar-refractivity contribution in [3.8, 4) is 0 Å². The number of ketones is 1. The molecule has 1 saturated carbocycles. The molecule has 2 unspecified atom stereocenters. The minimum atomic E-state index is 0.133. The second kappa shape index (κ2) is 3.49. The van der Waals surface area contributed by atoms with E-state index in [4.69, 9.17) is 0 Å². The lowest BCUT2D eigenvalue weighted by molar-refractivity contribution is -0.117. The topological polar surface area (TPSA) is 17.1 Å². The highest BCUT2D eigenvalue weighted by molar-refractivity contribution is 9.10. The molecule has 0 bridgehead atoms. The van der Waals surface area contributed by atoms with Crippen molar-refractivity contribution in [3.05, 3.63) is 0 Å². The first kappa shape index (κ1) is 10.2. The van der Waals surface area contributed by atoms with Gasteiger partial charge in [-0.3, -0.25) is 4.79 Å². The van der Waals surface area contributed by atoms with Gasteiger partial charge in [0.1, 0.15) is 5.78 Å². The molecule has 1 aliphatic carbocycles. The molecule has 1 fully saturated rings. The highest BCUT2D eigenvalue weighted by atomic mass is 79.9. The summed E-state index contributed by atoms with van der Waals surface area (Å²) in [5.41, 5.74) is 0.332. The normalized spacial score (nSPS) is 31.2. The van der Waals surface area contributed by atoms with Crippen LogP contribution in [-0.4, -0.2) is 10.6 Å². The quantitative estimate of drug-likeness (QED) is 0.669. The van der Waals surface area contributed by atoms with Crippen molar-refractivity contribution < 1.29 is 4.79 Å². The van der Waals surface area contributed by atoms with E-state index in [0.29, 0.717) is 17.1 Å². The van der Waals surface area contributed by atoms with Gasteiger partial charge in [-0.15, -0.1) is 0 Å². The molecule has 1 aliphatic rings. The summed E-state index contributed by atoms with van der Waals surface area (Å²) < 4.78 is 0. The third kappa shape index (κ3) is 1.90. The summed E-state index contributed by atoms with van der Waals surface area (Å²) in [5.74, 6) is 0.973.